The van der Waals surface area contributed by atoms with Crippen LogP contribution in [0.4, 0.5) is 0 Å². The molecule has 2 aromatic carbocycles. The highest BCUT2D eigenvalue weighted by atomic mass is 35.5. The first-order valence-electron chi connectivity index (χ1n) is 16.2. The topological polar surface area (TPSA) is 147 Å². The molecule has 2 aliphatic heterocycles. The molecule has 2 aliphatic rings. The van der Waals surface area contributed by atoms with Crippen molar-refractivity contribution in [3.63, 3.8) is 0 Å². The molecule has 0 spiro atoms. The number of ether oxygens (including phenoxy) is 1. The van der Waals surface area contributed by atoms with E-state index in [0.29, 0.717) is 72.2 Å². The van der Waals surface area contributed by atoms with Crippen LogP contribution in [0.15, 0.2) is 60.9 Å². The lowest BCUT2D eigenvalue weighted by atomic mass is 9.97. The number of carbonyl (C=O) groups is 2. The van der Waals surface area contributed by atoms with E-state index in [1.165, 1.54) is 0 Å². The number of methoxy groups -OCH3 is 1. The zero-order valence-electron chi connectivity index (χ0n) is 26.8. The van der Waals surface area contributed by atoms with Gasteiger partial charge < -0.3 is 26.0 Å². The maximum atomic E-state index is 11.5. The summed E-state index contributed by atoms with van der Waals surface area (Å²) in [5.74, 6) is 1.77. The Kier molecular flexibility index (Phi) is 9.72. The van der Waals surface area contributed by atoms with E-state index in [1.54, 1.807) is 17.8 Å². The van der Waals surface area contributed by atoms with Crippen LogP contribution in [0.5, 0.6) is 5.88 Å². The Morgan fingerprint density at radius 1 is 0.837 bits per heavy atom. The molecule has 0 saturated carbocycles. The van der Waals surface area contributed by atoms with Crippen LogP contribution < -0.4 is 26.0 Å². The Morgan fingerprint density at radius 3 is 2.12 bits per heavy atom. The molecule has 2 saturated heterocycles. The van der Waals surface area contributed by atoms with E-state index >= 15 is 0 Å². The summed E-state index contributed by atoms with van der Waals surface area (Å²) in [6.07, 6.45) is 6.38. The van der Waals surface area contributed by atoms with Gasteiger partial charge in [0.15, 0.2) is 5.82 Å². The second-order valence-electron chi connectivity index (χ2n) is 12.2. The molecule has 2 fully saturated rings. The lowest BCUT2D eigenvalue weighted by Crippen LogP contribution is -2.35. The van der Waals surface area contributed by atoms with Gasteiger partial charge in [-0.2, -0.15) is 4.98 Å². The number of amides is 2. The maximum absolute atomic E-state index is 11.5. The lowest BCUT2D eigenvalue weighted by Gasteiger charge is -2.15. The van der Waals surface area contributed by atoms with Gasteiger partial charge in [-0.15, -0.1) is 5.10 Å². The van der Waals surface area contributed by atoms with Gasteiger partial charge in [0.1, 0.15) is 0 Å². The molecular weight excluding hydrogens is 665 g/mol. The summed E-state index contributed by atoms with van der Waals surface area (Å²) in [7, 11) is 1.60. The lowest BCUT2D eigenvalue weighted by molar-refractivity contribution is -0.120. The first kappa shape index (κ1) is 32.9. The van der Waals surface area contributed by atoms with Crippen LogP contribution in [-0.4, -0.2) is 68.7 Å². The summed E-state index contributed by atoms with van der Waals surface area (Å²) < 4.78 is 7.29. The van der Waals surface area contributed by atoms with Gasteiger partial charge in [-0.1, -0.05) is 65.7 Å². The van der Waals surface area contributed by atoms with Gasteiger partial charge in [0.25, 0.3) is 5.78 Å². The van der Waals surface area contributed by atoms with Gasteiger partial charge in [-0.3, -0.25) is 9.59 Å². The van der Waals surface area contributed by atoms with Crippen molar-refractivity contribution in [3.05, 3.63) is 82.4 Å². The molecule has 5 heterocycles. The van der Waals surface area contributed by atoms with Crippen molar-refractivity contribution in [2.24, 2.45) is 0 Å². The number of halogens is 2. The van der Waals surface area contributed by atoms with Crippen molar-refractivity contribution in [3.8, 4) is 39.4 Å². The summed E-state index contributed by atoms with van der Waals surface area (Å²) in [6.45, 7) is 2.34. The molecule has 5 aromatic rings. The number of aromatic nitrogens is 5. The van der Waals surface area contributed by atoms with Crippen LogP contribution in [0.3, 0.4) is 0 Å². The van der Waals surface area contributed by atoms with E-state index in [4.69, 9.17) is 32.9 Å². The Hall–Kier alpha value is -4.62. The van der Waals surface area contributed by atoms with E-state index < -0.39 is 0 Å². The molecule has 14 heteroatoms. The number of benzene rings is 2. The quantitative estimate of drug-likeness (QED) is 0.147. The Morgan fingerprint density at radius 2 is 1.47 bits per heavy atom. The van der Waals surface area contributed by atoms with Gasteiger partial charge in [0, 0.05) is 90.3 Å². The number of carbonyl (C=O) groups excluding carboxylic acids is 2. The van der Waals surface area contributed by atoms with Crippen LogP contribution in [0, 0.1) is 0 Å². The number of hydrogen-bond acceptors (Lipinski definition) is 9. The SMILES string of the molecule is COc1nc(-c2cccc(-c3cccc(-c4cnc5nc(CNC[C@@H]6CCC(=O)N6)nn5c4)c3Cl)c2Cl)ccc1CNC[C@@H]1CCC(=O)N1. The fraction of sp³-hybridized carbons (Fsp3) is 0.314. The molecule has 0 radical (unpaired) electrons. The Labute approximate surface area is 293 Å². The smallest absolute Gasteiger partial charge is 0.252 e. The van der Waals surface area contributed by atoms with E-state index in [-0.39, 0.29) is 23.9 Å². The molecule has 3 aromatic heterocycles. The zero-order chi connectivity index (χ0) is 33.9. The predicted molar refractivity (Wildman–Crippen MR) is 187 cm³/mol. The van der Waals surface area contributed by atoms with Crippen LogP contribution in [-0.2, 0) is 22.7 Å². The number of fused-ring (bicyclic) bond motifs is 1. The van der Waals surface area contributed by atoms with Crippen LogP contribution in [0.25, 0.3) is 39.3 Å². The highest BCUT2D eigenvalue weighted by Crippen LogP contribution is 2.42. The maximum Gasteiger partial charge on any atom is 0.252 e. The molecule has 2 atom stereocenters. The number of hydrogen-bond donors (Lipinski definition) is 4. The normalized spacial score (nSPS) is 17.4. The average molecular weight is 701 g/mol. The average Bonchev–Trinajstić information content (AvgIpc) is 3.84. The van der Waals surface area contributed by atoms with Crippen molar-refractivity contribution >= 4 is 40.8 Å². The summed E-state index contributed by atoms with van der Waals surface area (Å²) in [5, 5.41) is 18.3. The fourth-order valence-electron chi connectivity index (χ4n) is 6.27. The largest absolute Gasteiger partial charge is 0.481 e. The van der Waals surface area contributed by atoms with Crippen molar-refractivity contribution in [1.29, 1.82) is 0 Å². The number of pyridine rings is 1. The van der Waals surface area contributed by atoms with Crippen molar-refractivity contribution in [2.45, 2.75) is 50.9 Å². The van der Waals surface area contributed by atoms with Crippen LogP contribution in [0.1, 0.15) is 37.1 Å². The molecule has 0 aliphatic carbocycles. The highest BCUT2D eigenvalue weighted by molar-refractivity contribution is 6.39. The van der Waals surface area contributed by atoms with Gasteiger partial charge in [-0.05, 0) is 18.9 Å². The second kappa shape index (κ2) is 14.5. The first-order valence-corrected chi connectivity index (χ1v) is 17.0. The Balaban J connectivity index is 1.09. The molecule has 0 bridgehead atoms. The van der Waals surface area contributed by atoms with Crippen LogP contribution >= 0.6 is 23.2 Å². The molecule has 7 rings (SSSR count). The predicted octanol–water partition coefficient (Wildman–Crippen LogP) is 4.57. The molecule has 0 unspecified atom stereocenters. The number of nitrogens with zero attached hydrogens (tertiary/aromatic N) is 5. The fourth-order valence-corrected chi connectivity index (χ4v) is 6.93. The zero-order valence-corrected chi connectivity index (χ0v) is 28.3. The minimum atomic E-state index is 0.0909. The number of nitrogens with one attached hydrogen (secondary N) is 4. The third-order valence-electron chi connectivity index (χ3n) is 8.79. The third kappa shape index (κ3) is 7.23. The van der Waals surface area contributed by atoms with E-state index in [0.717, 1.165) is 46.2 Å². The summed E-state index contributed by atoms with van der Waals surface area (Å²) >= 11 is 14.2. The molecule has 2 amide bonds. The summed E-state index contributed by atoms with van der Waals surface area (Å²) in [5.41, 5.74) is 5.39. The first-order chi connectivity index (χ1) is 23.9. The third-order valence-corrected chi connectivity index (χ3v) is 9.61. The molecule has 252 valence electrons. The van der Waals surface area contributed by atoms with Gasteiger partial charge >= 0.3 is 0 Å². The highest BCUT2D eigenvalue weighted by Gasteiger charge is 2.22. The standard InChI is InChI=1S/C35H35Cl2N9O3/c1-49-34-20(14-38-16-22-9-12-30(47)41-22)8-11-28(43-34)27-7-3-6-26(33(27)37)25-5-2-4-24(32(25)36)21-15-40-35-44-29(45-46(35)19-21)18-39-17-23-10-13-31(48)42-23/h2-8,11,15,19,22-23,38-39H,9-10,12-14,16-18H2,1H3,(H,41,47)(H,42,48)/t22-,23-/m0/s1. The summed E-state index contributed by atoms with van der Waals surface area (Å²) in [4.78, 5) is 36.8. The minimum Gasteiger partial charge on any atom is -0.481 e. The van der Waals surface area contributed by atoms with Crippen LogP contribution in [0.2, 0.25) is 10.0 Å². The minimum absolute atomic E-state index is 0.0909. The van der Waals surface area contributed by atoms with Crippen molar-refractivity contribution in [2.75, 3.05) is 20.2 Å². The Bertz CT molecular complexity index is 2040. The summed E-state index contributed by atoms with van der Waals surface area (Å²) in [6, 6.07) is 15.8. The molecule has 4 N–H and O–H groups in total. The molecule has 49 heavy (non-hydrogen) atoms. The second-order valence-corrected chi connectivity index (χ2v) is 12.9. The monoisotopic (exact) mass is 699 g/mol. The van der Waals surface area contributed by atoms with Crippen molar-refractivity contribution < 1.29 is 14.3 Å². The van der Waals surface area contributed by atoms with Gasteiger partial charge in [-0.25, -0.2) is 14.5 Å². The van der Waals surface area contributed by atoms with Gasteiger partial charge in [0.05, 0.1) is 29.4 Å². The van der Waals surface area contributed by atoms with Crippen molar-refractivity contribution in [1.82, 2.24) is 45.8 Å². The van der Waals surface area contributed by atoms with E-state index in [2.05, 4.69) is 36.3 Å². The molecular formula is C35H35Cl2N9O3. The van der Waals surface area contributed by atoms with Gasteiger partial charge in [0.2, 0.25) is 17.7 Å². The van der Waals surface area contributed by atoms with E-state index in [9.17, 15) is 9.59 Å². The van der Waals surface area contributed by atoms with E-state index in [1.807, 2.05) is 54.7 Å². The molecule has 12 nitrogen and oxygen atoms in total. The number of rotatable bonds is 12.